The smallest absolute Gasteiger partial charge is 0.335 e. The standard InChI is InChI=1S/C47H68N6O8S.C36H51N3O9S.C11H18N2/c1-29-39-24-35(47(39,3)4)25-40(29)50-46(57)43-42(30(2)55)41(28-54)61-53(43)26-32-16-13-17-38(44(32)60-8)33-21-34(23-37(22-33)52(7)19-18-48-62(9,58)59)45(56)49-36(27-51(5)6)20-31-14-11-10-12-15-31;1-20-28-16-25(36(28,3)4)17-29(20)37-34(42)32-31(21(2)41)30(19-40)48-39(32)18-22-9-8-10-27(33(22)47-6)23-13-24(35(43)44)15-26(14-23)38(5)11-12-49(7,45)46;1-13(2)9-11(12)8-10-6-4-3-5-7-10/h10-17,21-23,29-30,35-36,39-43,48,54-55H,18-20,24-28H2,1-9H3,(H,49,56)(H,50,57);8-10,13-15,20-21,25,28-32,40-41H,11-12,16-19H2,1-7H3,(H,37,42)(H,43,44);3-7,11H,8-9,12H2,1-2H3/t29-,30-,35?,36-,39-,40-,41-,42+,43-;20-,21-,25+,28-,29-,30-,31?,32-;11-/m001/s1. The van der Waals surface area contributed by atoms with Crippen molar-refractivity contribution in [1.29, 1.82) is 0 Å². The van der Waals surface area contributed by atoms with Gasteiger partial charge in [-0.25, -0.2) is 26.4 Å². The van der Waals surface area contributed by atoms with Crippen LogP contribution in [0.1, 0.15) is 124 Å². The number of aromatic carboxylic acids is 1. The lowest BCUT2D eigenvalue weighted by Crippen LogP contribution is -2.62. The van der Waals surface area contributed by atoms with Gasteiger partial charge in [-0.2, -0.15) is 10.1 Å². The Kier molecular flexibility index (Phi) is 33.3. The monoisotopic (exact) mass is 1760 g/mol. The lowest BCUT2D eigenvalue weighted by Gasteiger charge is -2.62. The van der Waals surface area contributed by atoms with Crippen LogP contribution in [0.15, 0.2) is 133 Å². The topological polar surface area (TPSA) is 368 Å². The number of nitrogens with zero attached hydrogens (tertiary/aromatic N) is 6. The van der Waals surface area contributed by atoms with Crippen molar-refractivity contribution < 1.29 is 80.7 Å². The molecule has 11 N–H and O–H groups in total. The number of hydrogen-bond donors (Lipinski definition) is 10. The first-order valence-electron chi connectivity index (χ1n) is 43.4. The third-order valence-electron chi connectivity index (χ3n) is 27.0. The largest absolute Gasteiger partial charge is 0.496 e. The number of methoxy groups -OCH3 is 2. The number of hydroxylamine groups is 4. The van der Waals surface area contributed by atoms with Crippen molar-refractivity contribution >= 4 is 54.9 Å². The number of amides is 3. The van der Waals surface area contributed by atoms with Gasteiger partial charge in [-0.1, -0.05) is 139 Å². The number of sulfonamides is 1. The zero-order valence-electron chi connectivity index (χ0n) is 75.6. The summed E-state index contributed by atoms with van der Waals surface area (Å²) in [5.41, 5.74) is 14.4. The van der Waals surface area contributed by atoms with Gasteiger partial charge in [-0.15, -0.1) is 0 Å². The number of aliphatic hydroxyl groups excluding tert-OH is 4. The number of rotatable bonds is 36. The van der Waals surface area contributed by atoms with E-state index in [9.17, 15) is 61.5 Å². The van der Waals surface area contributed by atoms with Crippen molar-refractivity contribution in [3.05, 3.63) is 167 Å². The summed E-state index contributed by atoms with van der Waals surface area (Å²) in [6, 6.07) is 40.1. The molecule has 124 heavy (non-hydrogen) atoms. The maximum absolute atomic E-state index is 14.4. The van der Waals surface area contributed by atoms with E-state index in [1.54, 1.807) is 62.2 Å². The van der Waals surface area contributed by atoms with Gasteiger partial charge in [0.25, 0.3) is 5.91 Å². The van der Waals surface area contributed by atoms with Crippen LogP contribution < -0.4 is 45.7 Å². The predicted octanol–water partition coefficient (Wildman–Crippen LogP) is 8.23. The fraction of sp³-hybridized carbons (Fsp3) is 0.574. The van der Waals surface area contributed by atoms with Gasteiger partial charge in [0.1, 0.15) is 45.6 Å². The van der Waals surface area contributed by atoms with Crippen molar-refractivity contribution in [3.8, 4) is 33.8 Å². The molecule has 28 nitrogen and oxygen atoms in total. The quantitative estimate of drug-likeness (QED) is 0.0177. The highest BCUT2D eigenvalue weighted by Crippen LogP contribution is 2.62. The number of carboxylic acid groups (broad SMARTS) is 1. The molecule has 0 aromatic heterocycles. The molecule has 8 fully saturated rings. The summed E-state index contributed by atoms with van der Waals surface area (Å²) in [5.74, 6) is 0.270. The van der Waals surface area contributed by atoms with E-state index in [-0.39, 0.29) is 103 Å². The summed E-state index contributed by atoms with van der Waals surface area (Å²) in [6.45, 7) is 18.5. The number of para-hydroxylation sites is 2. The molecule has 6 saturated carbocycles. The Labute approximate surface area is 734 Å². The maximum atomic E-state index is 14.4. The van der Waals surface area contributed by atoms with Crippen molar-refractivity contribution in [2.45, 2.75) is 168 Å². The van der Waals surface area contributed by atoms with Gasteiger partial charge in [0.15, 0.2) is 0 Å². The normalized spacial score (nSPS) is 25.3. The maximum Gasteiger partial charge on any atom is 0.335 e. The number of carbonyl (C=O) groups excluding carboxylic acids is 3. The number of likely N-dealkylation sites (N-methyl/N-ethyl adjacent to an activating group) is 3. The number of anilines is 2. The lowest BCUT2D eigenvalue weighted by molar-refractivity contribution is -0.183. The second kappa shape index (κ2) is 42.2. The molecule has 6 aromatic carbocycles. The number of ether oxygens (including phenoxy) is 2. The molecule has 2 unspecified atom stereocenters. The van der Waals surface area contributed by atoms with Gasteiger partial charge in [0.2, 0.25) is 21.8 Å². The molecule has 3 amide bonds. The van der Waals surface area contributed by atoms with Crippen LogP contribution in [0.5, 0.6) is 11.5 Å². The SMILES string of the molecule is CN(C)C[C@H](N)Cc1ccccc1.COc1c(CN2O[C@@H](CO)C([C@H](C)O)[C@H]2C(=O)N[C@H]2C[C@H]3C[C@@H]([C@@H]2C)C3(C)C)cccc1-c1cc(C(=O)O)cc(N(C)CCS(C)(=O)=O)c1.COc1c(CN2O[C@@H](CO)[C@@H]([C@H](C)O)[C@H]2C(=O)N[C@H]2CC3C[C@@H]([C@@H]2C)C3(C)C)cccc1-c1cc(C(=O)N[C@@H](Cc2ccccc2)CN(C)C)cc(N(C)CCNS(C)(=O)=O)c1. The molecular formula is C94H137N11O17S2. The Morgan fingerprint density at radius 1 is 0.581 bits per heavy atom. The Balaban J connectivity index is 0.000000230. The minimum Gasteiger partial charge on any atom is -0.496 e. The first-order valence-corrected chi connectivity index (χ1v) is 47.3. The van der Waals surface area contributed by atoms with Gasteiger partial charge in [-0.3, -0.25) is 24.1 Å². The number of fused-ring (bicyclic) bond motifs is 4. The number of hydrogen-bond acceptors (Lipinski definition) is 23. The van der Waals surface area contributed by atoms with Crippen molar-refractivity contribution in [2.24, 2.45) is 63.9 Å². The van der Waals surface area contributed by atoms with Crippen LogP contribution in [-0.4, -0.2) is 267 Å². The fourth-order valence-electron chi connectivity index (χ4n) is 20.1. The molecule has 2 heterocycles. The fourth-order valence-corrected chi connectivity index (χ4v) is 21.1. The number of carboxylic acids is 1. The van der Waals surface area contributed by atoms with E-state index in [1.165, 1.54) is 42.7 Å². The summed E-state index contributed by atoms with van der Waals surface area (Å²) < 4.78 is 62.0. The number of benzene rings is 6. The van der Waals surface area contributed by atoms with E-state index < -0.39 is 74.2 Å². The van der Waals surface area contributed by atoms with Gasteiger partial charge in [0.05, 0.1) is 70.3 Å². The van der Waals surface area contributed by atoms with Gasteiger partial charge < -0.3 is 76.3 Å². The van der Waals surface area contributed by atoms with E-state index in [2.05, 4.69) is 91.4 Å². The predicted molar refractivity (Wildman–Crippen MR) is 485 cm³/mol. The van der Waals surface area contributed by atoms with Crippen LogP contribution in [0.4, 0.5) is 11.4 Å². The Hall–Kier alpha value is -8.18. The van der Waals surface area contributed by atoms with Crippen LogP contribution >= 0.6 is 0 Å². The molecule has 6 aromatic rings. The highest BCUT2D eigenvalue weighted by Gasteiger charge is 2.59. The van der Waals surface area contributed by atoms with Crippen LogP contribution in [0.25, 0.3) is 22.3 Å². The van der Waals surface area contributed by atoms with E-state index in [0.717, 1.165) is 43.9 Å². The molecule has 6 aliphatic carbocycles. The minimum atomic E-state index is -3.41. The number of sulfone groups is 1. The molecule has 8 aliphatic rings. The van der Waals surface area contributed by atoms with E-state index >= 15 is 0 Å². The Bertz CT molecular complexity index is 4830. The van der Waals surface area contributed by atoms with E-state index in [4.69, 9.17) is 24.9 Å². The van der Waals surface area contributed by atoms with Gasteiger partial charge >= 0.3 is 5.97 Å². The summed E-state index contributed by atoms with van der Waals surface area (Å²) in [7, 11) is 7.99. The molecule has 30 heteroatoms. The van der Waals surface area contributed by atoms with Crippen molar-refractivity contribution in [3.63, 3.8) is 0 Å². The van der Waals surface area contributed by atoms with Crippen molar-refractivity contribution in [2.75, 3.05) is 131 Å². The molecule has 4 bridgehead atoms. The minimum absolute atomic E-state index is 0.00177. The Morgan fingerprint density at radius 3 is 1.40 bits per heavy atom. The molecule has 0 radical (unpaired) electrons. The molecule has 682 valence electrons. The Morgan fingerprint density at radius 2 is 1.01 bits per heavy atom. The molecule has 2 aliphatic heterocycles. The number of nitrogens with two attached hydrogens (primary N) is 1. The average molecular weight is 1760 g/mol. The number of carbonyl (C=O) groups is 4. The summed E-state index contributed by atoms with van der Waals surface area (Å²) in [6.07, 6.45) is 4.49. The van der Waals surface area contributed by atoms with Gasteiger partial charge in [0, 0.05) is 128 Å². The van der Waals surface area contributed by atoms with Crippen LogP contribution in [0, 0.1) is 58.2 Å². The van der Waals surface area contributed by atoms with E-state index in [1.807, 2.05) is 118 Å². The first kappa shape index (κ1) is 98.0. The summed E-state index contributed by atoms with van der Waals surface area (Å²) in [4.78, 5) is 75.2. The number of nitrogens with one attached hydrogen (secondary N) is 4. The molecule has 14 rings (SSSR count). The van der Waals surface area contributed by atoms with Gasteiger partial charge in [-0.05, 0) is 186 Å². The van der Waals surface area contributed by atoms with Crippen molar-refractivity contribution in [1.82, 2.24) is 40.6 Å². The zero-order valence-corrected chi connectivity index (χ0v) is 77.3. The molecule has 2 saturated heterocycles. The highest BCUT2D eigenvalue weighted by molar-refractivity contribution is 7.90. The zero-order chi connectivity index (χ0) is 90.8. The van der Waals surface area contributed by atoms with Crippen LogP contribution in [0.3, 0.4) is 0 Å². The third-order valence-corrected chi connectivity index (χ3v) is 28.7. The van der Waals surface area contributed by atoms with E-state index in [0.29, 0.717) is 117 Å². The molecule has 0 spiro atoms. The second-order valence-corrected chi connectivity index (χ2v) is 41.4. The third kappa shape index (κ3) is 24.2. The summed E-state index contributed by atoms with van der Waals surface area (Å²) >= 11 is 0. The molecular weight excluding hydrogens is 1620 g/mol. The number of aliphatic hydroxyl groups is 4. The average Bonchev–Trinajstić information content (AvgIpc) is 0.783. The summed E-state index contributed by atoms with van der Waals surface area (Å²) in [5, 5.41) is 65.5. The van der Waals surface area contributed by atoms with Crippen LogP contribution in [-0.2, 0) is 65.1 Å². The van der Waals surface area contributed by atoms with Crippen LogP contribution in [0.2, 0.25) is 0 Å². The second-order valence-electron chi connectivity index (χ2n) is 37.3. The molecule has 18 atom stereocenters. The highest BCUT2D eigenvalue weighted by atomic mass is 32.2. The lowest BCUT2D eigenvalue weighted by atomic mass is 9.45. The first-order chi connectivity index (χ1) is 58.4.